The molecule has 0 saturated carbocycles. The molecule has 2 aromatic heterocycles. The third-order valence-corrected chi connectivity index (χ3v) is 2.31. The van der Waals surface area contributed by atoms with Gasteiger partial charge in [0, 0.05) is 12.3 Å². The second kappa shape index (κ2) is 2.10. The number of rotatable bonds is 0. The van der Waals surface area contributed by atoms with Crippen molar-refractivity contribution < 1.29 is 0 Å². The van der Waals surface area contributed by atoms with Crippen LogP contribution in [-0.4, -0.2) is 4.40 Å². The topological polar surface area (TPSA) is 47.5 Å². The normalized spacial score (nSPS) is 10.5. The summed E-state index contributed by atoms with van der Waals surface area (Å²) in [6.07, 6.45) is 1.64. The lowest BCUT2D eigenvalue weighted by Gasteiger charge is -1.86. The van der Waals surface area contributed by atoms with Crippen molar-refractivity contribution in [2.45, 2.75) is 0 Å². The number of nitrogens with two attached hydrogens (primary N) is 1. The quantitative estimate of drug-likeness (QED) is 0.633. The van der Waals surface area contributed by atoms with Crippen LogP contribution in [0.5, 0.6) is 0 Å². The zero-order valence-electron chi connectivity index (χ0n) is 5.65. The summed E-state index contributed by atoms with van der Waals surface area (Å²) in [6, 6.07) is 5.11. The molecule has 3 nitrogen and oxygen atoms in total. The Morgan fingerprint density at radius 3 is 3.00 bits per heavy atom. The van der Waals surface area contributed by atoms with Crippen LogP contribution in [0, 0.1) is 0 Å². The van der Waals surface area contributed by atoms with Crippen LogP contribution < -0.4 is 11.3 Å². The third kappa shape index (κ3) is 0.914. The molecule has 0 radical (unpaired) electrons. The summed E-state index contributed by atoms with van der Waals surface area (Å²) in [4.78, 5) is 12.0. The summed E-state index contributed by atoms with van der Waals surface area (Å²) in [5.41, 5.74) is 5.49. The van der Waals surface area contributed by atoms with Crippen LogP contribution in [-0.2, 0) is 0 Å². The number of nitrogens with zero attached hydrogens (tertiary/aromatic N) is 1. The Labute approximate surface area is 66.7 Å². The molecule has 2 heterocycles. The Kier molecular flexibility index (Phi) is 1.22. The van der Waals surface area contributed by atoms with Gasteiger partial charge in [-0.1, -0.05) is 17.4 Å². The maximum Gasteiger partial charge on any atom is 0.255 e. The maximum atomic E-state index is 11.1. The van der Waals surface area contributed by atoms with Crippen LogP contribution in [0.25, 0.3) is 4.83 Å². The van der Waals surface area contributed by atoms with Crippen molar-refractivity contribution in [3.63, 3.8) is 0 Å². The number of pyridine rings is 1. The van der Waals surface area contributed by atoms with Gasteiger partial charge in [-0.25, -0.2) is 0 Å². The number of thiazole rings is 1. The highest BCUT2D eigenvalue weighted by Crippen LogP contribution is 2.16. The van der Waals surface area contributed by atoms with Gasteiger partial charge in [-0.05, 0) is 6.07 Å². The van der Waals surface area contributed by atoms with E-state index < -0.39 is 0 Å². The van der Waals surface area contributed by atoms with Crippen molar-refractivity contribution in [3.05, 3.63) is 34.7 Å². The number of nitrogen functional groups attached to an aromatic ring is 1. The largest absolute Gasteiger partial charge is 0.389 e. The molecule has 0 unspecified atom stereocenters. The van der Waals surface area contributed by atoms with Crippen LogP contribution in [0.1, 0.15) is 0 Å². The molecule has 0 fully saturated rings. The molecule has 0 aliphatic carbocycles. The highest BCUT2D eigenvalue weighted by Gasteiger charge is 1.97. The zero-order chi connectivity index (χ0) is 7.84. The van der Waals surface area contributed by atoms with Gasteiger partial charge in [-0.15, -0.1) is 0 Å². The second-order valence-corrected chi connectivity index (χ2v) is 3.30. The Balaban J connectivity index is 3.02. The van der Waals surface area contributed by atoms with E-state index in [1.807, 2.05) is 6.07 Å². The van der Waals surface area contributed by atoms with Crippen LogP contribution in [0.3, 0.4) is 0 Å². The molecule has 0 aliphatic heterocycles. The first-order chi connectivity index (χ1) is 5.27. The first-order valence-electron chi connectivity index (χ1n) is 3.14. The first kappa shape index (κ1) is 6.42. The fourth-order valence-electron chi connectivity index (χ4n) is 0.967. The number of hydrogen-bond acceptors (Lipinski definition) is 3. The van der Waals surface area contributed by atoms with E-state index in [9.17, 15) is 4.79 Å². The van der Waals surface area contributed by atoms with E-state index >= 15 is 0 Å². The highest BCUT2D eigenvalue weighted by molar-refractivity contribution is 7.21. The summed E-state index contributed by atoms with van der Waals surface area (Å²) < 4.78 is 1.54. The Bertz CT molecular complexity index is 443. The molecule has 0 atom stereocenters. The van der Waals surface area contributed by atoms with Crippen molar-refractivity contribution in [3.8, 4) is 0 Å². The molecular weight excluding hydrogens is 160 g/mol. The fraction of sp³-hybridized carbons (Fsp3) is 0. The molecular formula is C7H6N2OS. The highest BCUT2D eigenvalue weighted by atomic mass is 32.1. The molecule has 2 rings (SSSR count). The first-order valence-corrected chi connectivity index (χ1v) is 3.96. The lowest BCUT2D eigenvalue weighted by molar-refractivity contribution is 1.13. The SMILES string of the molecule is Nc1cn2c(=O)cccc2s1. The van der Waals surface area contributed by atoms with Gasteiger partial charge in [0.25, 0.3) is 5.56 Å². The number of anilines is 1. The lowest BCUT2D eigenvalue weighted by atomic mass is 10.5. The second-order valence-electron chi connectivity index (χ2n) is 2.21. The summed E-state index contributed by atoms with van der Waals surface area (Å²) in [6.45, 7) is 0. The zero-order valence-corrected chi connectivity index (χ0v) is 6.47. The van der Waals surface area contributed by atoms with Crippen LogP contribution >= 0.6 is 11.3 Å². The number of fused-ring (bicyclic) bond motifs is 1. The Hall–Kier alpha value is -1.29. The number of hydrogen-bond donors (Lipinski definition) is 1. The molecule has 0 aromatic carbocycles. The third-order valence-electron chi connectivity index (χ3n) is 1.43. The molecule has 0 spiro atoms. The van der Waals surface area contributed by atoms with Crippen molar-refractivity contribution in [1.82, 2.24) is 4.40 Å². The Morgan fingerprint density at radius 1 is 1.45 bits per heavy atom. The van der Waals surface area contributed by atoms with Gasteiger partial charge in [0.15, 0.2) is 0 Å². The maximum absolute atomic E-state index is 11.1. The van der Waals surface area contributed by atoms with Crippen molar-refractivity contribution in [1.29, 1.82) is 0 Å². The molecule has 11 heavy (non-hydrogen) atoms. The number of aromatic nitrogens is 1. The van der Waals surface area contributed by atoms with Gasteiger partial charge in [0.05, 0.1) is 0 Å². The summed E-state index contributed by atoms with van der Waals surface area (Å²) in [5.74, 6) is 0. The van der Waals surface area contributed by atoms with Crippen LogP contribution in [0.2, 0.25) is 0 Å². The molecule has 2 N–H and O–H groups in total. The molecule has 56 valence electrons. The van der Waals surface area contributed by atoms with Gasteiger partial charge in [0.1, 0.15) is 9.83 Å². The molecule has 0 saturated heterocycles. The van der Waals surface area contributed by atoms with Crippen LogP contribution in [0.15, 0.2) is 29.2 Å². The molecule has 0 amide bonds. The van der Waals surface area contributed by atoms with Gasteiger partial charge in [-0.2, -0.15) is 0 Å². The minimum absolute atomic E-state index is 0.0320. The van der Waals surface area contributed by atoms with Gasteiger partial charge in [-0.3, -0.25) is 9.20 Å². The lowest BCUT2D eigenvalue weighted by Crippen LogP contribution is -2.07. The molecule has 0 aliphatic rings. The van der Waals surface area contributed by atoms with E-state index in [0.717, 1.165) is 4.83 Å². The average Bonchev–Trinajstić information content (AvgIpc) is 2.31. The van der Waals surface area contributed by atoms with E-state index in [2.05, 4.69) is 0 Å². The van der Waals surface area contributed by atoms with E-state index in [-0.39, 0.29) is 5.56 Å². The standard InChI is InChI=1S/C7H6N2OS/c8-5-4-9-6(10)2-1-3-7(9)11-5/h1-4H,8H2. The Morgan fingerprint density at radius 2 is 2.27 bits per heavy atom. The molecule has 4 heteroatoms. The smallest absolute Gasteiger partial charge is 0.255 e. The monoisotopic (exact) mass is 166 g/mol. The fourth-order valence-corrected chi connectivity index (χ4v) is 1.75. The molecule has 0 bridgehead atoms. The summed E-state index contributed by atoms with van der Waals surface area (Å²) >= 11 is 1.41. The van der Waals surface area contributed by atoms with Gasteiger partial charge >= 0.3 is 0 Å². The van der Waals surface area contributed by atoms with Crippen molar-refractivity contribution in [2.24, 2.45) is 0 Å². The molecule has 2 aromatic rings. The van der Waals surface area contributed by atoms with E-state index in [4.69, 9.17) is 5.73 Å². The minimum Gasteiger partial charge on any atom is -0.389 e. The summed E-state index contributed by atoms with van der Waals surface area (Å²) in [7, 11) is 0. The average molecular weight is 166 g/mol. The van der Waals surface area contributed by atoms with Gasteiger partial charge in [0.2, 0.25) is 0 Å². The predicted octanol–water partition coefficient (Wildman–Crippen LogP) is 0.943. The van der Waals surface area contributed by atoms with E-state index in [0.29, 0.717) is 5.00 Å². The summed E-state index contributed by atoms with van der Waals surface area (Å²) in [5, 5.41) is 0.660. The van der Waals surface area contributed by atoms with Crippen LogP contribution in [0.4, 0.5) is 5.00 Å². The van der Waals surface area contributed by atoms with E-state index in [1.165, 1.54) is 17.4 Å². The predicted molar refractivity (Wildman–Crippen MR) is 46.0 cm³/mol. The van der Waals surface area contributed by atoms with Crippen molar-refractivity contribution in [2.75, 3.05) is 5.73 Å². The van der Waals surface area contributed by atoms with Crippen molar-refractivity contribution >= 4 is 21.2 Å². The van der Waals surface area contributed by atoms with Gasteiger partial charge < -0.3 is 5.73 Å². The minimum atomic E-state index is -0.0320. The van der Waals surface area contributed by atoms with E-state index in [1.54, 1.807) is 16.7 Å².